The lowest BCUT2D eigenvalue weighted by molar-refractivity contribution is -0.116. The average molecular weight is 344 g/mol. The van der Waals surface area contributed by atoms with Gasteiger partial charge in [-0.25, -0.2) is 0 Å². The van der Waals surface area contributed by atoms with Gasteiger partial charge in [-0.1, -0.05) is 18.2 Å². The van der Waals surface area contributed by atoms with Gasteiger partial charge in [-0.05, 0) is 51.6 Å². The standard InChI is InChI=1S/C16H14BrN3O/c17-13-3-1-2-4-14(13)19-16(21)10-20-8-7-11-5-6-12(18)9-15(11)20/h1-9H,10,18H2,(H,19,21). The number of nitrogens with two attached hydrogens (primary N) is 1. The summed E-state index contributed by atoms with van der Waals surface area (Å²) in [5, 5.41) is 3.96. The number of nitrogen functional groups attached to an aromatic ring is 1. The smallest absolute Gasteiger partial charge is 0.244 e. The first-order valence-electron chi connectivity index (χ1n) is 6.52. The Hall–Kier alpha value is -2.27. The van der Waals surface area contributed by atoms with E-state index >= 15 is 0 Å². The molecule has 0 bridgehead atoms. The fourth-order valence-corrected chi connectivity index (χ4v) is 2.63. The molecule has 0 spiro atoms. The van der Waals surface area contributed by atoms with Gasteiger partial charge in [0.2, 0.25) is 5.91 Å². The summed E-state index contributed by atoms with van der Waals surface area (Å²) in [5.74, 6) is -0.0816. The van der Waals surface area contributed by atoms with Gasteiger partial charge in [-0.2, -0.15) is 0 Å². The minimum absolute atomic E-state index is 0.0816. The second-order valence-electron chi connectivity index (χ2n) is 4.79. The zero-order chi connectivity index (χ0) is 14.8. The summed E-state index contributed by atoms with van der Waals surface area (Å²) in [6.07, 6.45) is 1.89. The van der Waals surface area contributed by atoms with Crippen LogP contribution >= 0.6 is 15.9 Å². The number of para-hydroxylation sites is 1. The van der Waals surface area contributed by atoms with Gasteiger partial charge in [0, 0.05) is 16.4 Å². The van der Waals surface area contributed by atoms with Gasteiger partial charge in [0.25, 0.3) is 0 Å². The van der Waals surface area contributed by atoms with Crippen LogP contribution in [0.2, 0.25) is 0 Å². The summed E-state index contributed by atoms with van der Waals surface area (Å²) < 4.78 is 2.75. The molecule has 0 aliphatic heterocycles. The van der Waals surface area contributed by atoms with Crippen molar-refractivity contribution in [3.05, 3.63) is 59.2 Å². The lowest BCUT2D eigenvalue weighted by Crippen LogP contribution is -2.18. The molecule has 0 unspecified atom stereocenters. The van der Waals surface area contributed by atoms with E-state index in [-0.39, 0.29) is 12.5 Å². The Balaban J connectivity index is 1.80. The maximum Gasteiger partial charge on any atom is 0.244 e. The Morgan fingerprint density at radius 1 is 1.19 bits per heavy atom. The molecule has 0 radical (unpaired) electrons. The van der Waals surface area contributed by atoms with E-state index in [1.54, 1.807) is 0 Å². The van der Waals surface area contributed by atoms with Crippen molar-refractivity contribution >= 4 is 44.1 Å². The van der Waals surface area contributed by atoms with Crippen LogP contribution in [0.3, 0.4) is 0 Å². The van der Waals surface area contributed by atoms with E-state index in [1.165, 1.54) is 0 Å². The number of amides is 1. The molecule has 1 aromatic heterocycles. The van der Waals surface area contributed by atoms with Crippen molar-refractivity contribution in [3.63, 3.8) is 0 Å². The van der Waals surface area contributed by atoms with Gasteiger partial charge >= 0.3 is 0 Å². The number of hydrogen-bond acceptors (Lipinski definition) is 2. The van der Waals surface area contributed by atoms with Crippen molar-refractivity contribution < 1.29 is 4.79 Å². The predicted octanol–water partition coefficient (Wildman–Crippen LogP) is 3.62. The van der Waals surface area contributed by atoms with E-state index in [0.717, 1.165) is 21.1 Å². The van der Waals surface area contributed by atoms with Gasteiger partial charge in [0.05, 0.1) is 11.2 Å². The van der Waals surface area contributed by atoms with Crippen LogP contribution in [-0.4, -0.2) is 10.5 Å². The second kappa shape index (κ2) is 5.61. The predicted molar refractivity (Wildman–Crippen MR) is 89.1 cm³/mol. The highest BCUT2D eigenvalue weighted by Gasteiger charge is 2.08. The first kappa shape index (κ1) is 13.7. The number of nitrogens with one attached hydrogen (secondary N) is 1. The molecule has 0 saturated carbocycles. The van der Waals surface area contributed by atoms with Gasteiger partial charge in [0.15, 0.2) is 0 Å². The summed E-state index contributed by atoms with van der Waals surface area (Å²) in [7, 11) is 0. The number of halogens is 1. The van der Waals surface area contributed by atoms with Gasteiger partial charge in [-0.15, -0.1) is 0 Å². The van der Waals surface area contributed by atoms with Crippen LogP contribution in [0.15, 0.2) is 59.2 Å². The van der Waals surface area contributed by atoms with Crippen molar-refractivity contribution in [1.82, 2.24) is 4.57 Å². The molecule has 0 atom stereocenters. The monoisotopic (exact) mass is 343 g/mol. The van der Waals surface area contributed by atoms with E-state index in [0.29, 0.717) is 5.69 Å². The van der Waals surface area contributed by atoms with E-state index in [4.69, 9.17) is 5.73 Å². The number of nitrogens with zero attached hydrogens (tertiary/aromatic N) is 1. The van der Waals surface area contributed by atoms with Crippen LogP contribution < -0.4 is 11.1 Å². The SMILES string of the molecule is Nc1ccc2ccn(CC(=O)Nc3ccccc3Br)c2c1. The van der Waals surface area contributed by atoms with Crippen molar-refractivity contribution in [2.24, 2.45) is 0 Å². The van der Waals surface area contributed by atoms with Crippen LogP contribution in [-0.2, 0) is 11.3 Å². The normalized spacial score (nSPS) is 10.7. The summed E-state index contributed by atoms with van der Waals surface area (Å²) >= 11 is 3.41. The van der Waals surface area contributed by atoms with Gasteiger partial charge in [-0.3, -0.25) is 4.79 Å². The Morgan fingerprint density at radius 2 is 2.00 bits per heavy atom. The molecule has 2 aromatic carbocycles. The summed E-state index contributed by atoms with van der Waals surface area (Å²) in [4.78, 5) is 12.2. The lowest BCUT2D eigenvalue weighted by Gasteiger charge is -2.09. The van der Waals surface area contributed by atoms with Crippen molar-refractivity contribution in [2.45, 2.75) is 6.54 Å². The van der Waals surface area contributed by atoms with Crippen LogP contribution in [0.4, 0.5) is 11.4 Å². The third kappa shape index (κ3) is 2.92. The molecule has 3 aromatic rings. The largest absolute Gasteiger partial charge is 0.399 e. The number of anilines is 2. The fourth-order valence-electron chi connectivity index (χ4n) is 2.25. The molecular weight excluding hydrogens is 330 g/mol. The molecule has 1 heterocycles. The highest BCUT2D eigenvalue weighted by atomic mass is 79.9. The molecule has 106 valence electrons. The summed E-state index contributed by atoms with van der Waals surface area (Å²) in [6, 6.07) is 15.2. The zero-order valence-corrected chi connectivity index (χ0v) is 12.8. The van der Waals surface area contributed by atoms with Crippen molar-refractivity contribution in [1.29, 1.82) is 0 Å². The van der Waals surface area contributed by atoms with Crippen molar-refractivity contribution in [3.8, 4) is 0 Å². The van der Waals surface area contributed by atoms with Crippen LogP contribution in [0, 0.1) is 0 Å². The van der Waals surface area contributed by atoms with Gasteiger partial charge < -0.3 is 15.6 Å². The average Bonchev–Trinajstić information content (AvgIpc) is 2.84. The Kier molecular flexibility index (Phi) is 3.66. The number of rotatable bonds is 3. The molecular formula is C16H14BrN3O. The van der Waals surface area contributed by atoms with Gasteiger partial charge in [0.1, 0.15) is 6.54 Å². The quantitative estimate of drug-likeness (QED) is 0.713. The third-order valence-corrected chi connectivity index (χ3v) is 3.95. The van der Waals surface area contributed by atoms with Crippen molar-refractivity contribution in [2.75, 3.05) is 11.1 Å². The number of aromatic nitrogens is 1. The highest BCUT2D eigenvalue weighted by Crippen LogP contribution is 2.22. The Labute approximate surface area is 130 Å². The minimum atomic E-state index is -0.0816. The number of hydrogen-bond donors (Lipinski definition) is 2. The molecule has 0 aliphatic carbocycles. The van der Waals surface area contributed by atoms with Crippen LogP contribution in [0.5, 0.6) is 0 Å². The van der Waals surface area contributed by atoms with E-state index < -0.39 is 0 Å². The maximum atomic E-state index is 12.2. The Morgan fingerprint density at radius 3 is 2.81 bits per heavy atom. The fraction of sp³-hybridized carbons (Fsp3) is 0.0625. The molecule has 0 fully saturated rings. The number of fused-ring (bicyclic) bond motifs is 1. The second-order valence-corrected chi connectivity index (χ2v) is 5.64. The zero-order valence-electron chi connectivity index (χ0n) is 11.2. The maximum absolute atomic E-state index is 12.2. The highest BCUT2D eigenvalue weighted by molar-refractivity contribution is 9.10. The van der Waals surface area contributed by atoms with E-state index in [1.807, 2.05) is 59.3 Å². The molecule has 3 rings (SSSR count). The molecule has 4 nitrogen and oxygen atoms in total. The topological polar surface area (TPSA) is 60.0 Å². The van der Waals surface area contributed by atoms with E-state index in [2.05, 4.69) is 21.2 Å². The summed E-state index contributed by atoms with van der Waals surface area (Å²) in [6.45, 7) is 0.244. The van der Waals surface area contributed by atoms with E-state index in [9.17, 15) is 4.79 Å². The lowest BCUT2D eigenvalue weighted by atomic mass is 10.2. The molecule has 0 saturated heterocycles. The molecule has 1 amide bonds. The minimum Gasteiger partial charge on any atom is -0.399 e. The van der Waals surface area contributed by atoms with Crippen LogP contribution in [0.25, 0.3) is 10.9 Å². The summed E-state index contributed by atoms with van der Waals surface area (Å²) in [5.41, 5.74) is 8.21. The first-order chi connectivity index (χ1) is 10.1. The number of carbonyl (C=O) groups is 1. The molecule has 21 heavy (non-hydrogen) atoms. The van der Waals surface area contributed by atoms with Crippen LogP contribution in [0.1, 0.15) is 0 Å². The number of benzene rings is 2. The molecule has 5 heteroatoms. The third-order valence-electron chi connectivity index (χ3n) is 3.26. The Bertz CT molecular complexity index is 810. The molecule has 3 N–H and O–H groups in total. The molecule has 0 aliphatic rings. The first-order valence-corrected chi connectivity index (χ1v) is 7.31. The number of carbonyl (C=O) groups excluding carboxylic acids is 1.